The van der Waals surface area contributed by atoms with Crippen LogP contribution < -0.4 is 5.73 Å². The number of aryl methyl sites for hydroxylation is 1. The molecule has 2 heterocycles. The first-order valence-electron chi connectivity index (χ1n) is 7.21. The molecule has 1 atom stereocenters. The average Bonchev–Trinajstić information content (AvgIpc) is 2.73. The Labute approximate surface area is 116 Å². The fourth-order valence-electron chi connectivity index (χ4n) is 2.85. The predicted octanol–water partition coefficient (Wildman–Crippen LogP) is 0.754. The van der Waals surface area contributed by atoms with Crippen molar-refractivity contribution in [2.45, 2.75) is 32.9 Å². The Kier molecular flexibility index (Phi) is 4.60. The first-order chi connectivity index (χ1) is 9.04. The number of nitrogens with two attached hydrogens (primary N) is 1. The minimum Gasteiger partial charge on any atom is -0.334 e. The van der Waals surface area contributed by atoms with Crippen LogP contribution in [0.4, 0.5) is 0 Å². The number of hydrogen-bond acceptors (Lipinski definition) is 4. The van der Waals surface area contributed by atoms with Crippen LogP contribution in [-0.4, -0.2) is 58.1 Å². The van der Waals surface area contributed by atoms with E-state index in [9.17, 15) is 0 Å². The number of aromatic nitrogens is 2. The van der Waals surface area contributed by atoms with Gasteiger partial charge < -0.3 is 10.3 Å². The highest BCUT2D eigenvalue weighted by Crippen LogP contribution is 2.22. The smallest absolute Gasteiger partial charge is 0.105 e. The highest BCUT2D eigenvalue weighted by molar-refractivity contribution is 5.10. The maximum absolute atomic E-state index is 6.01. The van der Waals surface area contributed by atoms with Gasteiger partial charge in [0, 0.05) is 45.8 Å². The molecule has 19 heavy (non-hydrogen) atoms. The number of imidazole rings is 1. The summed E-state index contributed by atoms with van der Waals surface area (Å²) in [7, 11) is 2.07. The summed E-state index contributed by atoms with van der Waals surface area (Å²) in [6, 6.07) is 0.929. The van der Waals surface area contributed by atoms with Gasteiger partial charge in [0.25, 0.3) is 0 Å². The van der Waals surface area contributed by atoms with E-state index in [2.05, 4.69) is 40.2 Å². The zero-order valence-electron chi connectivity index (χ0n) is 12.6. The summed E-state index contributed by atoms with van der Waals surface area (Å²) in [5.74, 6) is 1.05. The van der Waals surface area contributed by atoms with Gasteiger partial charge in [0.2, 0.25) is 0 Å². The van der Waals surface area contributed by atoms with Crippen LogP contribution in [0.1, 0.15) is 31.4 Å². The first-order valence-corrected chi connectivity index (χ1v) is 7.21. The molecule has 0 spiro atoms. The molecule has 1 aromatic rings. The monoisotopic (exact) mass is 265 g/mol. The third kappa shape index (κ3) is 2.99. The molecule has 0 saturated carbocycles. The molecule has 1 aliphatic rings. The maximum atomic E-state index is 6.01. The van der Waals surface area contributed by atoms with Crippen molar-refractivity contribution in [1.29, 1.82) is 0 Å². The number of rotatable bonds is 4. The number of nitrogens with zero attached hydrogens (tertiary/aromatic N) is 4. The number of hydrogen-bond donors (Lipinski definition) is 1. The minimum absolute atomic E-state index is 0.292. The van der Waals surface area contributed by atoms with E-state index in [1.54, 1.807) is 0 Å². The van der Waals surface area contributed by atoms with E-state index in [0.29, 0.717) is 18.6 Å². The van der Waals surface area contributed by atoms with Crippen molar-refractivity contribution >= 4 is 0 Å². The highest BCUT2D eigenvalue weighted by Gasteiger charge is 2.26. The minimum atomic E-state index is 0.292. The standard InChI is InChI=1S/C14H27N5/c1-11(2)18-5-7-19(8-6-18)13(9-15)14-10-16-12(3)17(14)4/h10-11,13H,5-9,15H2,1-4H3. The van der Waals surface area contributed by atoms with Crippen molar-refractivity contribution in [1.82, 2.24) is 19.4 Å². The van der Waals surface area contributed by atoms with Crippen LogP contribution in [0.15, 0.2) is 6.20 Å². The molecule has 1 fully saturated rings. The molecule has 2 N–H and O–H groups in total. The van der Waals surface area contributed by atoms with Crippen molar-refractivity contribution < 1.29 is 0 Å². The molecule has 108 valence electrons. The molecule has 0 amide bonds. The van der Waals surface area contributed by atoms with Crippen LogP contribution in [0.5, 0.6) is 0 Å². The normalized spacial score (nSPS) is 20.1. The lowest BCUT2D eigenvalue weighted by molar-refractivity contribution is 0.0780. The Bertz CT molecular complexity index is 404. The van der Waals surface area contributed by atoms with Crippen LogP contribution in [0.2, 0.25) is 0 Å². The second-order valence-electron chi connectivity index (χ2n) is 5.71. The van der Waals surface area contributed by atoms with Crippen LogP contribution in [0.25, 0.3) is 0 Å². The molecular formula is C14H27N5. The third-order valence-corrected chi connectivity index (χ3v) is 4.34. The summed E-state index contributed by atoms with van der Waals surface area (Å²) >= 11 is 0. The molecule has 1 saturated heterocycles. The molecule has 0 radical (unpaired) electrons. The molecule has 1 aliphatic heterocycles. The fraction of sp³-hybridized carbons (Fsp3) is 0.786. The Balaban J connectivity index is 2.06. The molecule has 1 aromatic heterocycles. The van der Waals surface area contributed by atoms with Crippen LogP contribution in [0, 0.1) is 6.92 Å². The molecular weight excluding hydrogens is 238 g/mol. The van der Waals surface area contributed by atoms with Gasteiger partial charge in [-0.15, -0.1) is 0 Å². The van der Waals surface area contributed by atoms with Gasteiger partial charge in [0.05, 0.1) is 17.9 Å². The Hall–Kier alpha value is -0.910. The molecule has 0 bridgehead atoms. The topological polar surface area (TPSA) is 50.3 Å². The predicted molar refractivity (Wildman–Crippen MR) is 78.0 cm³/mol. The van der Waals surface area contributed by atoms with Gasteiger partial charge >= 0.3 is 0 Å². The van der Waals surface area contributed by atoms with Crippen molar-refractivity contribution in [3.05, 3.63) is 17.7 Å². The molecule has 1 unspecified atom stereocenters. The van der Waals surface area contributed by atoms with E-state index in [0.717, 1.165) is 32.0 Å². The van der Waals surface area contributed by atoms with Crippen LogP contribution >= 0.6 is 0 Å². The molecule has 5 nitrogen and oxygen atoms in total. The van der Waals surface area contributed by atoms with E-state index in [1.807, 2.05) is 13.1 Å². The summed E-state index contributed by atoms with van der Waals surface area (Å²) in [4.78, 5) is 9.42. The second-order valence-corrected chi connectivity index (χ2v) is 5.71. The Morgan fingerprint density at radius 1 is 1.21 bits per heavy atom. The van der Waals surface area contributed by atoms with Gasteiger partial charge in [0.1, 0.15) is 5.82 Å². The lowest BCUT2D eigenvalue weighted by Gasteiger charge is -2.40. The van der Waals surface area contributed by atoms with Gasteiger partial charge in [-0.2, -0.15) is 0 Å². The molecule has 0 aromatic carbocycles. The van der Waals surface area contributed by atoms with E-state index in [4.69, 9.17) is 5.73 Å². The van der Waals surface area contributed by atoms with Gasteiger partial charge in [-0.05, 0) is 20.8 Å². The fourth-order valence-corrected chi connectivity index (χ4v) is 2.85. The van der Waals surface area contributed by atoms with Gasteiger partial charge in [-0.3, -0.25) is 9.80 Å². The quantitative estimate of drug-likeness (QED) is 0.873. The zero-order chi connectivity index (χ0) is 14.0. The third-order valence-electron chi connectivity index (χ3n) is 4.34. The Morgan fingerprint density at radius 2 is 1.79 bits per heavy atom. The highest BCUT2D eigenvalue weighted by atomic mass is 15.3. The van der Waals surface area contributed by atoms with Crippen LogP contribution in [0.3, 0.4) is 0 Å². The number of piperazine rings is 1. The summed E-state index contributed by atoms with van der Waals surface area (Å²) in [6.45, 7) is 11.7. The Morgan fingerprint density at radius 3 is 2.21 bits per heavy atom. The van der Waals surface area contributed by atoms with Gasteiger partial charge in [-0.25, -0.2) is 4.98 Å². The summed E-state index contributed by atoms with van der Waals surface area (Å²) in [5, 5.41) is 0. The van der Waals surface area contributed by atoms with Gasteiger partial charge in [0.15, 0.2) is 0 Å². The van der Waals surface area contributed by atoms with Crippen molar-refractivity contribution in [2.24, 2.45) is 12.8 Å². The molecule has 2 rings (SSSR count). The van der Waals surface area contributed by atoms with Crippen molar-refractivity contribution in [3.63, 3.8) is 0 Å². The molecule has 5 heteroatoms. The largest absolute Gasteiger partial charge is 0.334 e. The summed E-state index contributed by atoms with van der Waals surface area (Å²) < 4.78 is 2.16. The first kappa shape index (κ1) is 14.5. The average molecular weight is 265 g/mol. The summed E-state index contributed by atoms with van der Waals surface area (Å²) in [5.41, 5.74) is 7.25. The zero-order valence-corrected chi connectivity index (χ0v) is 12.6. The SMILES string of the molecule is Cc1ncc(C(CN)N2CCN(C(C)C)CC2)n1C. The maximum Gasteiger partial charge on any atom is 0.105 e. The van der Waals surface area contributed by atoms with Crippen molar-refractivity contribution in [3.8, 4) is 0 Å². The van der Waals surface area contributed by atoms with E-state index < -0.39 is 0 Å². The summed E-state index contributed by atoms with van der Waals surface area (Å²) in [6.07, 6.45) is 1.97. The van der Waals surface area contributed by atoms with Crippen molar-refractivity contribution in [2.75, 3.05) is 32.7 Å². The van der Waals surface area contributed by atoms with E-state index in [-0.39, 0.29) is 0 Å². The lowest BCUT2D eigenvalue weighted by atomic mass is 10.1. The van der Waals surface area contributed by atoms with Gasteiger partial charge in [-0.1, -0.05) is 0 Å². The second kappa shape index (κ2) is 6.03. The van der Waals surface area contributed by atoms with Crippen LogP contribution in [-0.2, 0) is 7.05 Å². The molecule has 0 aliphatic carbocycles. The van der Waals surface area contributed by atoms with E-state index in [1.165, 1.54) is 5.69 Å². The lowest BCUT2D eigenvalue weighted by Crippen LogP contribution is -2.51. The van der Waals surface area contributed by atoms with E-state index >= 15 is 0 Å².